The number of likely N-dealkylation sites (N-methyl/N-ethyl adjacent to an activating group) is 1. The average Bonchev–Trinajstić information content (AvgIpc) is 2.60. The lowest BCUT2D eigenvalue weighted by Crippen LogP contribution is -2.41. The van der Waals surface area contributed by atoms with E-state index in [0.29, 0.717) is 6.61 Å². The SMILES string of the molecule is CNCCOc1ccc(B2OC(C)(C)C(C)(C)O2)cc1. The molecule has 4 nitrogen and oxygen atoms in total. The molecule has 0 spiro atoms. The van der Waals surface area contributed by atoms with Gasteiger partial charge < -0.3 is 19.4 Å². The summed E-state index contributed by atoms with van der Waals surface area (Å²) < 4.78 is 17.6. The zero-order valence-electron chi connectivity index (χ0n) is 13.0. The van der Waals surface area contributed by atoms with Gasteiger partial charge in [-0.3, -0.25) is 0 Å². The van der Waals surface area contributed by atoms with Gasteiger partial charge in [0.2, 0.25) is 0 Å². The summed E-state index contributed by atoms with van der Waals surface area (Å²) in [6.45, 7) is 9.72. The molecule has 1 aromatic carbocycles. The first-order valence-electron chi connectivity index (χ1n) is 7.09. The second-order valence-electron chi connectivity index (χ2n) is 6.11. The molecule has 1 aliphatic heterocycles. The number of rotatable bonds is 5. The summed E-state index contributed by atoms with van der Waals surface area (Å²) in [5.74, 6) is 0.862. The van der Waals surface area contributed by atoms with Crippen LogP contribution in [0.15, 0.2) is 24.3 Å². The second-order valence-corrected chi connectivity index (χ2v) is 6.11. The maximum absolute atomic E-state index is 6.02. The first kappa shape index (κ1) is 15.4. The van der Waals surface area contributed by atoms with E-state index < -0.39 is 0 Å². The standard InChI is InChI=1S/C15H24BNO3/c1-14(2)15(3,4)20-16(19-14)12-6-8-13(9-7-12)18-11-10-17-5/h6-9,17H,10-11H2,1-5H3. The zero-order valence-corrected chi connectivity index (χ0v) is 13.0. The third-order valence-corrected chi connectivity index (χ3v) is 4.03. The van der Waals surface area contributed by atoms with E-state index in [1.54, 1.807) is 0 Å². The summed E-state index contributed by atoms with van der Waals surface area (Å²) >= 11 is 0. The Bertz CT molecular complexity index is 429. The summed E-state index contributed by atoms with van der Waals surface area (Å²) in [6, 6.07) is 7.90. The van der Waals surface area contributed by atoms with Crippen LogP contribution in [-0.2, 0) is 9.31 Å². The van der Waals surface area contributed by atoms with Crippen LogP contribution in [0.3, 0.4) is 0 Å². The first-order chi connectivity index (χ1) is 9.36. The lowest BCUT2D eigenvalue weighted by Gasteiger charge is -2.32. The highest BCUT2D eigenvalue weighted by Gasteiger charge is 2.51. The van der Waals surface area contributed by atoms with Crippen LogP contribution in [0.5, 0.6) is 5.75 Å². The maximum Gasteiger partial charge on any atom is 0.494 e. The highest BCUT2D eigenvalue weighted by atomic mass is 16.7. The number of hydrogen-bond acceptors (Lipinski definition) is 4. The van der Waals surface area contributed by atoms with Crippen LogP contribution >= 0.6 is 0 Å². The Morgan fingerprint density at radius 1 is 1.05 bits per heavy atom. The molecule has 1 fully saturated rings. The van der Waals surface area contributed by atoms with Gasteiger partial charge in [-0.25, -0.2) is 0 Å². The minimum atomic E-state index is -0.314. The minimum Gasteiger partial charge on any atom is -0.492 e. The molecular formula is C15H24BNO3. The van der Waals surface area contributed by atoms with Crippen LogP contribution in [-0.4, -0.2) is 38.5 Å². The fraction of sp³-hybridized carbons (Fsp3) is 0.600. The highest BCUT2D eigenvalue weighted by Crippen LogP contribution is 2.36. The van der Waals surface area contributed by atoms with Gasteiger partial charge in [0.15, 0.2) is 0 Å². The van der Waals surface area contributed by atoms with E-state index in [1.165, 1.54) is 0 Å². The fourth-order valence-corrected chi connectivity index (χ4v) is 1.97. The molecule has 1 aliphatic rings. The van der Waals surface area contributed by atoms with Gasteiger partial charge in [0.25, 0.3) is 0 Å². The Morgan fingerprint density at radius 2 is 1.60 bits per heavy atom. The molecule has 0 aromatic heterocycles. The quantitative estimate of drug-likeness (QED) is 0.655. The number of hydrogen-bond donors (Lipinski definition) is 1. The van der Waals surface area contributed by atoms with Crippen LogP contribution < -0.4 is 15.5 Å². The van der Waals surface area contributed by atoms with E-state index in [1.807, 2.05) is 31.3 Å². The molecule has 1 N–H and O–H groups in total. The van der Waals surface area contributed by atoms with E-state index in [0.717, 1.165) is 17.8 Å². The lowest BCUT2D eigenvalue weighted by molar-refractivity contribution is 0.00578. The number of ether oxygens (including phenoxy) is 1. The molecule has 0 saturated carbocycles. The molecule has 110 valence electrons. The van der Waals surface area contributed by atoms with Crippen molar-refractivity contribution in [1.29, 1.82) is 0 Å². The van der Waals surface area contributed by atoms with Crippen molar-refractivity contribution in [1.82, 2.24) is 5.32 Å². The summed E-state index contributed by atoms with van der Waals surface area (Å²) in [5.41, 5.74) is 0.406. The molecule has 2 rings (SSSR count). The third kappa shape index (κ3) is 3.16. The Balaban J connectivity index is 2.01. The van der Waals surface area contributed by atoms with Gasteiger partial charge in [-0.1, -0.05) is 12.1 Å². The smallest absolute Gasteiger partial charge is 0.492 e. The summed E-state index contributed by atoms with van der Waals surface area (Å²) in [5, 5.41) is 3.05. The lowest BCUT2D eigenvalue weighted by atomic mass is 9.79. The highest BCUT2D eigenvalue weighted by molar-refractivity contribution is 6.62. The van der Waals surface area contributed by atoms with Gasteiger partial charge in [0.1, 0.15) is 12.4 Å². The molecule has 0 unspecified atom stereocenters. The van der Waals surface area contributed by atoms with Crippen molar-refractivity contribution in [3.05, 3.63) is 24.3 Å². The van der Waals surface area contributed by atoms with Crippen molar-refractivity contribution in [3.8, 4) is 5.75 Å². The van der Waals surface area contributed by atoms with E-state index in [-0.39, 0.29) is 18.3 Å². The molecule has 0 bridgehead atoms. The minimum absolute atomic E-state index is 0.306. The topological polar surface area (TPSA) is 39.7 Å². The van der Waals surface area contributed by atoms with E-state index in [2.05, 4.69) is 33.0 Å². The van der Waals surface area contributed by atoms with Crippen LogP contribution in [0.25, 0.3) is 0 Å². The molecular weight excluding hydrogens is 253 g/mol. The monoisotopic (exact) mass is 277 g/mol. The predicted octanol–water partition coefficient (Wildman–Crippen LogP) is 1.58. The number of benzene rings is 1. The van der Waals surface area contributed by atoms with E-state index >= 15 is 0 Å². The summed E-state index contributed by atoms with van der Waals surface area (Å²) in [7, 11) is 1.59. The normalized spacial score (nSPS) is 20.1. The Morgan fingerprint density at radius 3 is 2.10 bits per heavy atom. The molecule has 0 aliphatic carbocycles. The van der Waals surface area contributed by atoms with Crippen molar-refractivity contribution in [2.75, 3.05) is 20.2 Å². The van der Waals surface area contributed by atoms with Gasteiger partial charge in [0.05, 0.1) is 11.2 Å². The average molecular weight is 277 g/mol. The van der Waals surface area contributed by atoms with Crippen molar-refractivity contribution >= 4 is 12.6 Å². The molecule has 0 amide bonds. The first-order valence-corrected chi connectivity index (χ1v) is 7.09. The second kappa shape index (κ2) is 5.76. The summed E-state index contributed by atoms with van der Waals surface area (Å²) in [6.07, 6.45) is 0. The van der Waals surface area contributed by atoms with Crippen molar-refractivity contribution in [3.63, 3.8) is 0 Å². The zero-order chi connectivity index (χ0) is 14.8. The fourth-order valence-electron chi connectivity index (χ4n) is 1.97. The van der Waals surface area contributed by atoms with Gasteiger partial charge in [-0.05, 0) is 52.3 Å². The van der Waals surface area contributed by atoms with Gasteiger partial charge in [-0.15, -0.1) is 0 Å². The van der Waals surface area contributed by atoms with E-state index in [4.69, 9.17) is 14.0 Å². The Labute approximate surface area is 121 Å². The largest absolute Gasteiger partial charge is 0.494 e. The maximum atomic E-state index is 6.02. The molecule has 0 radical (unpaired) electrons. The Kier molecular flexibility index (Phi) is 4.42. The van der Waals surface area contributed by atoms with Gasteiger partial charge in [0, 0.05) is 6.54 Å². The van der Waals surface area contributed by atoms with E-state index in [9.17, 15) is 0 Å². The molecule has 5 heteroatoms. The van der Waals surface area contributed by atoms with Crippen LogP contribution in [0.2, 0.25) is 0 Å². The third-order valence-electron chi connectivity index (χ3n) is 4.03. The van der Waals surface area contributed by atoms with Crippen LogP contribution in [0, 0.1) is 0 Å². The van der Waals surface area contributed by atoms with Gasteiger partial charge in [-0.2, -0.15) is 0 Å². The van der Waals surface area contributed by atoms with Crippen molar-refractivity contribution in [2.45, 2.75) is 38.9 Å². The molecule has 0 atom stereocenters. The number of nitrogens with one attached hydrogen (secondary N) is 1. The molecule has 1 heterocycles. The van der Waals surface area contributed by atoms with Crippen molar-refractivity contribution in [2.24, 2.45) is 0 Å². The predicted molar refractivity (Wildman–Crippen MR) is 81.6 cm³/mol. The van der Waals surface area contributed by atoms with Crippen LogP contribution in [0.4, 0.5) is 0 Å². The molecule has 20 heavy (non-hydrogen) atoms. The van der Waals surface area contributed by atoms with Gasteiger partial charge >= 0.3 is 7.12 Å². The Hall–Kier alpha value is -1.04. The van der Waals surface area contributed by atoms with Crippen LogP contribution in [0.1, 0.15) is 27.7 Å². The van der Waals surface area contributed by atoms with Crippen molar-refractivity contribution < 1.29 is 14.0 Å². The summed E-state index contributed by atoms with van der Waals surface area (Å²) in [4.78, 5) is 0. The molecule has 1 saturated heterocycles. The molecule has 1 aromatic rings.